The Bertz CT molecular complexity index is 1160. The fourth-order valence-electron chi connectivity index (χ4n) is 8.51. The molecule has 0 unspecified atom stereocenters. The van der Waals surface area contributed by atoms with Crippen LogP contribution in [0.5, 0.6) is 0 Å². The Labute approximate surface area is 214 Å². The molecule has 4 bridgehead atoms. The molecule has 5 nitrogen and oxygen atoms in total. The molecule has 5 heteroatoms. The maximum absolute atomic E-state index is 13.7. The van der Waals surface area contributed by atoms with Crippen molar-refractivity contribution >= 4 is 23.2 Å². The Morgan fingerprint density at radius 2 is 1.50 bits per heavy atom. The highest BCUT2D eigenvalue weighted by Crippen LogP contribution is 2.60. The Morgan fingerprint density at radius 3 is 2.19 bits per heavy atom. The first-order valence-corrected chi connectivity index (χ1v) is 14.1. The van der Waals surface area contributed by atoms with E-state index in [1.165, 1.54) is 30.4 Å². The van der Waals surface area contributed by atoms with Gasteiger partial charge in [-0.2, -0.15) is 0 Å². The molecule has 0 atom stereocenters. The van der Waals surface area contributed by atoms with Crippen molar-refractivity contribution in [2.45, 2.75) is 64.3 Å². The summed E-state index contributed by atoms with van der Waals surface area (Å²) in [5, 5.41) is 3.30. The number of nitrogens with zero attached hydrogens (tertiary/aromatic N) is 2. The molecule has 6 aliphatic rings. The molecule has 1 N–H and O–H groups in total. The zero-order valence-electron chi connectivity index (χ0n) is 21.2. The fraction of sp³-hybridized carbons (Fsp3) is 0.548. The van der Waals surface area contributed by atoms with Gasteiger partial charge in [0.1, 0.15) is 0 Å². The van der Waals surface area contributed by atoms with Gasteiger partial charge >= 0.3 is 0 Å². The second-order valence-electron chi connectivity index (χ2n) is 12.3. The van der Waals surface area contributed by atoms with E-state index in [2.05, 4.69) is 40.5 Å². The van der Waals surface area contributed by atoms with Gasteiger partial charge in [0.15, 0.2) is 0 Å². The van der Waals surface area contributed by atoms with E-state index in [0.29, 0.717) is 0 Å². The summed E-state index contributed by atoms with van der Waals surface area (Å²) in [6.07, 6.45) is 10.3. The molecule has 2 aromatic carbocycles. The summed E-state index contributed by atoms with van der Waals surface area (Å²) < 4.78 is 0. The lowest BCUT2D eigenvalue weighted by Crippen LogP contribution is -2.51. The molecule has 2 heterocycles. The number of nitrogens with one attached hydrogen (secondary N) is 1. The third-order valence-corrected chi connectivity index (χ3v) is 9.87. The molecule has 0 spiro atoms. The fourth-order valence-corrected chi connectivity index (χ4v) is 8.51. The molecule has 2 aromatic rings. The van der Waals surface area contributed by atoms with Gasteiger partial charge in [-0.3, -0.25) is 9.59 Å². The van der Waals surface area contributed by atoms with Crippen LogP contribution in [0.2, 0.25) is 0 Å². The quantitative estimate of drug-likeness (QED) is 0.612. The molecule has 5 fully saturated rings. The number of fused-ring (bicyclic) bond motifs is 1. The summed E-state index contributed by atoms with van der Waals surface area (Å²) in [5.41, 5.74) is 5.06. The second kappa shape index (κ2) is 8.64. The number of rotatable bonds is 4. The molecule has 2 aliphatic heterocycles. The van der Waals surface area contributed by atoms with Crippen molar-refractivity contribution in [1.29, 1.82) is 0 Å². The van der Waals surface area contributed by atoms with Gasteiger partial charge in [0.25, 0.3) is 5.91 Å². The van der Waals surface area contributed by atoms with Crippen LogP contribution in [0.3, 0.4) is 0 Å². The summed E-state index contributed by atoms with van der Waals surface area (Å²) in [6, 6.07) is 14.7. The van der Waals surface area contributed by atoms with Gasteiger partial charge in [-0.1, -0.05) is 24.3 Å². The molecule has 1 saturated heterocycles. The maximum Gasteiger partial charge on any atom is 0.256 e. The first kappa shape index (κ1) is 22.4. The van der Waals surface area contributed by atoms with Crippen LogP contribution in [0.4, 0.5) is 11.4 Å². The Hall–Kier alpha value is -2.82. The van der Waals surface area contributed by atoms with Crippen LogP contribution in [-0.4, -0.2) is 36.3 Å². The van der Waals surface area contributed by atoms with Crippen molar-refractivity contribution in [3.63, 3.8) is 0 Å². The predicted octanol–water partition coefficient (Wildman–Crippen LogP) is 5.64. The third-order valence-electron chi connectivity index (χ3n) is 9.87. The first-order valence-electron chi connectivity index (χ1n) is 14.1. The van der Waals surface area contributed by atoms with Crippen molar-refractivity contribution in [3.05, 3.63) is 59.2 Å². The van der Waals surface area contributed by atoms with Crippen molar-refractivity contribution in [2.75, 3.05) is 29.9 Å². The number of hydrogen-bond acceptors (Lipinski definition) is 3. The van der Waals surface area contributed by atoms with Crippen molar-refractivity contribution in [2.24, 2.45) is 23.2 Å². The van der Waals surface area contributed by atoms with Gasteiger partial charge < -0.3 is 15.1 Å². The minimum Gasteiger partial charge on any atom is -0.366 e. The standard InChI is InChI=1S/C31H37N3O2/c35-29(33-10-3-4-11-33)27-16-26(7-8-28(27)34-12-9-24-5-1-2-6-25(24)20-34)32-30(36)31-17-21-13-22(18-31)15-23(14-21)19-31/h1-2,5-8,16,21-23H,3-4,9-15,17-20H2,(H,32,36). The average molecular weight is 484 g/mol. The van der Waals surface area contributed by atoms with Crippen LogP contribution < -0.4 is 10.2 Å². The van der Waals surface area contributed by atoms with Crippen molar-refractivity contribution in [1.82, 2.24) is 4.90 Å². The van der Waals surface area contributed by atoms with Crippen LogP contribution in [-0.2, 0) is 17.8 Å². The first-order chi connectivity index (χ1) is 17.6. The zero-order valence-corrected chi connectivity index (χ0v) is 21.2. The van der Waals surface area contributed by atoms with Gasteiger partial charge in [0.05, 0.1) is 11.0 Å². The van der Waals surface area contributed by atoms with E-state index in [1.807, 2.05) is 17.0 Å². The molecule has 8 rings (SSSR count). The van der Waals surface area contributed by atoms with Crippen LogP contribution in [0, 0.1) is 23.2 Å². The molecule has 2 amide bonds. The predicted molar refractivity (Wildman–Crippen MR) is 142 cm³/mol. The van der Waals surface area contributed by atoms with Gasteiger partial charge in [-0.05, 0) is 105 Å². The smallest absolute Gasteiger partial charge is 0.256 e. The van der Waals surface area contributed by atoms with Gasteiger partial charge in [-0.25, -0.2) is 0 Å². The zero-order chi connectivity index (χ0) is 24.3. The second-order valence-corrected chi connectivity index (χ2v) is 12.3. The highest BCUT2D eigenvalue weighted by atomic mass is 16.2. The number of hydrogen-bond donors (Lipinski definition) is 1. The van der Waals surface area contributed by atoms with Crippen molar-refractivity contribution < 1.29 is 9.59 Å². The summed E-state index contributed by atoms with van der Waals surface area (Å²) in [6.45, 7) is 3.36. The summed E-state index contributed by atoms with van der Waals surface area (Å²) in [7, 11) is 0. The molecule has 36 heavy (non-hydrogen) atoms. The van der Waals surface area contributed by atoms with E-state index in [4.69, 9.17) is 0 Å². The normalized spacial score (nSPS) is 30.4. The topological polar surface area (TPSA) is 52.7 Å². The highest BCUT2D eigenvalue weighted by molar-refractivity contribution is 6.03. The Morgan fingerprint density at radius 1 is 0.833 bits per heavy atom. The van der Waals surface area contributed by atoms with E-state index in [1.54, 1.807) is 0 Å². The molecule has 188 valence electrons. The number of likely N-dealkylation sites (tertiary alicyclic amines) is 1. The number of carbonyl (C=O) groups is 2. The highest BCUT2D eigenvalue weighted by Gasteiger charge is 2.54. The van der Waals surface area contributed by atoms with E-state index >= 15 is 0 Å². The lowest BCUT2D eigenvalue weighted by molar-refractivity contribution is -0.140. The number of amides is 2. The lowest BCUT2D eigenvalue weighted by atomic mass is 9.49. The monoisotopic (exact) mass is 483 g/mol. The number of anilines is 2. The summed E-state index contributed by atoms with van der Waals surface area (Å²) in [5.74, 6) is 2.50. The van der Waals surface area contributed by atoms with Crippen LogP contribution in [0.25, 0.3) is 0 Å². The molecule has 4 saturated carbocycles. The molecule has 0 radical (unpaired) electrons. The van der Waals surface area contributed by atoms with E-state index in [-0.39, 0.29) is 17.2 Å². The van der Waals surface area contributed by atoms with Crippen LogP contribution in [0.15, 0.2) is 42.5 Å². The Kier molecular flexibility index (Phi) is 5.37. The largest absolute Gasteiger partial charge is 0.366 e. The van der Waals surface area contributed by atoms with E-state index in [0.717, 1.165) is 99.4 Å². The molecule has 0 aromatic heterocycles. The number of benzene rings is 2. The maximum atomic E-state index is 13.7. The molecular weight excluding hydrogens is 446 g/mol. The van der Waals surface area contributed by atoms with Crippen molar-refractivity contribution in [3.8, 4) is 0 Å². The third kappa shape index (κ3) is 3.82. The average Bonchev–Trinajstić information content (AvgIpc) is 3.42. The minimum atomic E-state index is -0.191. The SMILES string of the molecule is O=C(c1cc(NC(=O)C23CC4CC(CC(C4)C2)C3)ccc1N1CCc2ccccc2C1)N1CCCC1. The Balaban J connectivity index is 1.18. The van der Waals surface area contributed by atoms with Gasteiger partial charge in [-0.15, -0.1) is 0 Å². The van der Waals surface area contributed by atoms with E-state index in [9.17, 15) is 9.59 Å². The molecular formula is C31H37N3O2. The number of carbonyl (C=O) groups excluding carboxylic acids is 2. The van der Waals surface area contributed by atoms with Gasteiger partial charge in [0, 0.05) is 37.6 Å². The lowest BCUT2D eigenvalue weighted by Gasteiger charge is -2.55. The summed E-state index contributed by atoms with van der Waals surface area (Å²) in [4.78, 5) is 31.7. The molecule has 4 aliphatic carbocycles. The summed E-state index contributed by atoms with van der Waals surface area (Å²) >= 11 is 0. The van der Waals surface area contributed by atoms with Gasteiger partial charge in [0.2, 0.25) is 5.91 Å². The van der Waals surface area contributed by atoms with Crippen LogP contribution in [0.1, 0.15) is 72.9 Å². The van der Waals surface area contributed by atoms with Crippen LogP contribution >= 0.6 is 0 Å². The van der Waals surface area contributed by atoms with E-state index < -0.39 is 0 Å². The minimum absolute atomic E-state index is 0.104.